The van der Waals surface area contributed by atoms with Gasteiger partial charge >= 0.3 is 5.97 Å². The van der Waals surface area contributed by atoms with Crippen molar-refractivity contribution in [2.24, 2.45) is 5.41 Å². The number of aromatic nitrogens is 2. The van der Waals surface area contributed by atoms with E-state index >= 15 is 0 Å². The quantitative estimate of drug-likeness (QED) is 0.641. The Morgan fingerprint density at radius 1 is 1.12 bits per heavy atom. The molecular weight excluding hydrogens is 472 g/mol. The lowest BCUT2D eigenvalue weighted by Crippen LogP contribution is -2.47. The van der Waals surface area contributed by atoms with Gasteiger partial charge in [-0.1, -0.05) is 6.07 Å². The third-order valence-corrected chi connectivity index (χ3v) is 8.08. The predicted molar refractivity (Wildman–Crippen MR) is 125 cm³/mol. The van der Waals surface area contributed by atoms with Crippen molar-refractivity contribution in [2.45, 2.75) is 45.3 Å². The van der Waals surface area contributed by atoms with E-state index < -0.39 is 6.10 Å². The topological polar surface area (TPSA) is 78.8 Å². The molecule has 4 heterocycles. The van der Waals surface area contributed by atoms with Crippen molar-refractivity contribution < 1.29 is 14.6 Å². The number of aliphatic hydroxyl groups excluding tert-OH is 1. The van der Waals surface area contributed by atoms with E-state index in [0.29, 0.717) is 24.1 Å². The molecule has 0 aliphatic carbocycles. The van der Waals surface area contributed by atoms with Crippen LogP contribution in [0.25, 0.3) is 0 Å². The molecule has 2 fully saturated rings. The van der Waals surface area contributed by atoms with E-state index in [-0.39, 0.29) is 5.97 Å². The fourth-order valence-electron chi connectivity index (χ4n) is 5.46. The minimum atomic E-state index is -0.553. The van der Waals surface area contributed by atoms with Gasteiger partial charge in [-0.3, -0.25) is 0 Å². The van der Waals surface area contributed by atoms with Crippen LogP contribution in [0.2, 0.25) is 0 Å². The third-order valence-electron chi connectivity index (χ3n) is 7.67. The number of anilines is 1. The molecule has 0 radical (unpaired) electrons. The van der Waals surface area contributed by atoms with Gasteiger partial charge in [0.25, 0.3) is 0 Å². The molecule has 32 heavy (non-hydrogen) atoms. The van der Waals surface area contributed by atoms with E-state index in [9.17, 15) is 9.90 Å². The summed E-state index contributed by atoms with van der Waals surface area (Å²) in [5, 5.41) is 10.9. The molecule has 1 aromatic heterocycles. The van der Waals surface area contributed by atoms with Gasteiger partial charge in [0.1, 0.15) is 17.0 Å². The molecule has 2 aromatic rings. The molecule has 1 atom stereocenters. The first-order valence-corrected chi connectivity index (χ1v) is 12.2. The average molecular weight is 501 g/mol. The Kier molecular flexibility index (Phi) is 5.94. The number of ether oxygens (including phenoxy) is 1. The van der Waals surface area contributed by atoms with Gasteiger partial charge in [-0.15, -0.1) is 0 Å². The highest BCUT2D eigenvalue weighted by Gasteiger charge is 2.38. The van der Waals surface area contributed by atoms with Crippen molar-refractivity contribution in [3.63, 3.8) is 0 Å². The molecule has 7 nitrogen and oxygen atoms in total. The van der Waals surface area contributed by atoms with Gasteiger partial charge in [0.15, 0.2) is 0 Å². The van der Waals surface area contributed by atoms with Gasteiger partial charge in [0.2, 0.25) is 0 Å². The lowest BCUT2D eigenvalue weighted by atomic mass is 9.71. The van der Waals surface area contributed by atoms with Crippen LogP contribution < -0.4 is 4.90 Å². The van der Waals surface area contributed by atoms with Crippen LogP contribution in [0.4, 0.5) is 5.82 Å². The molecule has 3 aliphatic rings. The highest BCUT2D eigenvalue weighted by molar-refractivity contribution is 9.10. The summed E-state index contributed by atoms with van der Waals surface area (Å²) in [5.74, 6) is 0.698. The van der Waals surface area contributed by atoms with E-state index in [0.717, 1.165) is 53.3 Å². The fraction of sp³-hybridized carbons (Fsp3) is 0.542. The van der Waals surface area contributed by atoms with Crippen LogP contribution in [0.5, 0.6) is 0 Å². The molecule has 1 unspecified atom stereocenters. The summed E-state index contributed by atoms with van der Waals surface area (Å²) in [6.45, 7) is 7.00. The number of cyclic esters (lactones) is 1. The van der Waals surface area contributed by atoms with Crippen molar-refractivity contribution in [1.29, 1.82) is 0 Å². The molecule has 8 heteroatoms. The number of piperidine rings is 2. The fourth-order valence-corrected chi connectivity index (χ4v) is 5.67. The van der Waals surface area contributed by atoms with Crippen molar-refractivity contribution >= 4 is 27.7 Å². The lowest BCUT2D eigenvalue weighted by Gasteiger charge is -2.47. The van der Waals surface area contributed by atoms with Gasteiger partial charge < -0.3 is 19.6 Å². The number of β-amino-alcohol motifs (C(OH)–C–C–N with tert-alkyl or cyclic N) is 1. The Morgan fingerprint density at radius 2 is 1.84 bits per heavy atom. The molecule has 1 spiro atoms. The number of nitrogens with zero attached hydrogens (tertiary/aromatic N) is 4. The van der Waals surface area contributed by atoms with Crippen molar-refractivity contribution in [2.75, 3.05) is 37.6 Å². The molecule has 1 aromatic carbocycles. The maximum Gasteiger partial charge on any atom is 0.338 e. The van der Waals surface area contributed by atoms with Crippen molar-refractivity contribution in [1.82, 2.24) is 14.9 Å². The molecule has 0 amide bonds. The number of fused-ring (bicyclic) bond motifs is 1. The summed E-state index contributed by atoms with van der Waals surface area (Å²) >= 11 is 3.35. The number of halogens is 1. The normalized spacial score (nSPS) is 21.5. The largest absolute Gasteiger partial charge is 0.457 e. The minimum Gasteiger partial charge on any atom is -0.457 e. The molecule has 170 valence electrons. The standard InChI is InChI=1S/C24H29BrN4O3/c1-16-17(2-3-18-19(16)15-32-23(18)31)20(30)14-28-8-4-24(5-9-28)6-10-29(11-7-24)22-13-26-21(25)12-27-22/h2-3,12-13,20,30H,4-11,14-15H2,1H3. The van der Waals surface area contributed by atoms with Gasteiger partial charge in [-0.2, -0.15) is 0 Å². The van der Waals surface area contributed by atoms with Crippen molar-refractivity contribution in [3.8, 4) is 0 Å². The lowest BCUT2D eigenvalue weighted by molar-refractivity contribution is 0.0447. The number of rotatable bonds is 4. The first-order chi connectivity index (χ1) is 15.4. The molecule has 0 bridgehead atoms. The molecule has 3 aliphatic heterocycles. The summed E-state index contributed by atoms with van der Waals surface area (Å²) in [7, 11) is 0. The zero-order valence-corrected chi connectivity index (χ0v) is 20.0. The highest BCUT2D eigenvalue weighted by atomic mass is 79.9. The Balaban J connectivity index is 1.15. The van der Waals surface area contributed by atoms with Gasteiger partial charge in [-0.25, -0.2) is 14.8 Å². The van der Waals surface area contributed by atoms with E-state index in [1.165, 1.54) is 25.7 Å². The maximum absolute atomic E-state index is 11.8. The molecular formula is C24H29BrN4O3. The summed E-state index contributed by atoms with van der Waals surface area (Å²) < 4.78 is 5.91. The number of carbonyl (C=O) groups excluding carboxylic acids is 1. The van der Waals surface area contributed by atoms with E-state index in [1.807, 2.05) is 19.2 Å². The van der Waals surface area contributed by atoms with Crippen LogP contribution in [0.3, 0.4) is 0 Å². The SMILES string of the molecule is Cc1c(C(O)CN2CCC3(CC2)CCN(c2cnc(Br)cn2)CC3)ccc2c1COC2=O. The monoisotopic (exact) mass is 500 g/mol. The number of hydrogen-bond donors (Lipinski definition) is 1. The Morgan fingerprint density at radius 3 is 2.53 bits per heavy atom. The minimum absolute atomic E-state index is 0.260. The molecule has 5 rings (SSSR count). The van der Waals surface area contributed by atoms with Crippen LogP contribution in [0.15, 0.2) is 29.1 Å². The highest BCUT2D eigenvalue weighted by Crippen LogP contribution is 2.42. The second kappa shape index (κ2) is 8.72. The second-order valence-corrected chi connectivity index (χ2v) is 10.2. The van der Waals surface area contributed by atoms with E-state index in [2.05, 4.69) is 35.7 Å². The Hall–Kier alpha value is -2.03. The number of carbonyl (C=O) groups is 1. The number of aliphatic hydroxyl groups is 1. The van der Waals surface area contributed by atoms with Crippen LogP contribution >= 0.6 is 15.9 Å². The van der Waals surface area contributed by atoms with Gasteiger partial charge in [0, 0.05) is 25.2 Å². The molecule has 1 N–H and O–H groups in total. The Labute approximate surface area is 196 Å². The summed E-state index contributed by atoms with van der Waals surface area (Å²) in [6, 6.07) is 3.68. The first-order valence-electron chi connectivity index (χ1n) is 11.4. The van der Waals surface area contributed by atoms with E-state index in [1.54, 1.807) is 12.3 Å². The summed E-state index contributed by atoms with van der Waals surface area (Å²) in [4.78, 5) is 25.3. The smallest absolute Gasteiger partial charge is 0.338 e. The van der Waals surface area contributed by atoms with Crippen LogP contribution in [0, 0.1) is 12.3 Å². The summed E-state index contributed by atoms with van der Waals surface area (Å²) in [5.41, 5.74) is 3.86. The number of hydrogen-bond acceptors (Lipinski definition) is 7. The number of benzene rings is 1. The van der Waals surface area contributed by atoms with Gasteiger partial charge in [0.05, 0.1) is 24.1 Å². The first kappa shape index (κ1) is 21.8. The maximum atomic E-state index is 11.8. The number of likely N-dealkylation sites (tertiary alicyclic amines) is 1. The van der Waals surface area contributed by atoms with E-state index in [4.69, 9.17) is 4.74 Å². The number of esters is 1. The zero-order valence-electron chi connectivity index (χ0n) is 18.4. The average Bonchev–Trinajstić information content (AvgIpc) is 3.18. The molecule has 0 saturated carbocycles. The van der Waals surface area contributed by atoms with Crippen LogP contribution in [-0.4, -0.2) is 58.7 Å². The third kappa shape index (κ3) is 4.16. The summed E-state index contributed by atoms with van der Waals surface area (Å²) in [6.07, 6.45) is 7.75. The Bertz CT molecular complexity index is 995. The molecule has 2 saturated heterocycles. The van der Waals surface area contributed by atoms with Crippen molar-refractivity contribution in [3.05, 3.63) is 51.4 Å². The van der Waals surface area contributed by atoms with Crippen LogP contribution in [0.1, 0.15) is 58.8 Å². The zero-order chi connectivity index (χ0) is 22.3. The predicted octanol–water partition coefficient (Wildman–Crippen LogP) is 3.63. The van der Waals surface area contributed by atoms with Gasteiger partial charge in [-0.05, 0) is 84.2 Å². The second-order valence-electron chi connectivity index (χ2n) is 9.38. The van der Waals surface area contributed by atoms with Crippen LogP contribution in [-0.2, 0) is 11.3 Å².